The van der Waals surface area contributed by atoms with Gasteiger partial charge in [0.15, 0.2) is 9.84 Å². The molecule has 2 rings (SSSR count). The first-order chi connectivity index (χ1) is 10.9. The molecular formula is C17H20N2O3S. The number of amides is 1. The first-order valence-electron chi connectivity index (χ1n) is 7.29. The largest absolute Gasteiger partial charge is 0.325 e. The lowest BCUT2D eigenvalue weighted by atomic mass is 10.0. The standard InChI is InChI=1S/C17H20N2O3S/c1-13(12-23(21,22)15-10-6-3-7-11-15)16(18)17(20)19-14-8-4-2-5-9-14/h2-11,13,16H,12,18H2,1H3,(H,19,20). The molecule has 0 heterocycles. The van der Waals surface area contributed by atoms with Gasteiger partial charge in [-0.05, 0) is 30.2 Å². The summed E-state index contributed by atoms with van der Waals surface area (Å²) in [6, 6.07) is 16.2. The zero-order chi connectivity index (χ0) is 16.9. The van der Waals surface area contributed by atoms with Crippen molar-refractivity contribution in [1.29, 1.82) is 0 Å². The zero-order valence-electron chi connectivity index (χ0n) is 12.8. The van der Waals surface area contributed by atoms with E-state index in [2.05, 4.69) is 5.32 Å². The van der Waals surface area contributed by atoms with Crippen LogP contribution < -0.4 is 11.1 Å². The number of nitrogens with one attached hydrogen (secondary N) is 1. The topological polar surface area (TPSA) is 89.3 Å². The van der Waals surface area contributed by atoms with Crippen molar-refractivity contribution in [3.05, 3.63) is 60.7 Å². The fourth-order valence-corrected chi connectivity index (χ4v) is 3.84. The van der Waals surface area contributed by atoms with Crippen LogP contribution in [0.3, 0.4) is 0 Å². The Morgan fingerprint density at radius 3 is 2.13 bits per heavy atom. The minimum absolute atomic E-state index is 0.180. The number of benzene rings is 2. The maximum atomic E-state index is 12.3. The molecule has 0 aliphatic carbocycles. The molecule has 2 aromatic rings. The molecule has 0 radical (unpaired) electrons. The van der Waals surface area contributed by atoms with Crippen LogP contribution in [-0.4, -0.2) is 26.1 Å². The molecule has 3 N–H and O–H groups in total. The summed E-state index contributed by atoms with van der Waals surface area (Å²) >= 11 is 0. The minimum Gasteiger partial charge on any atom is -0.325 e. The molecule has 0 saturated heterocycles. The lowest BCUT2D eigenvalue weighted by Crippen LogP contribution is -2.43. The molecule has 0 bridgehead atoms. The van der Waals surface area contributed by atoms with Crippen molar-refractivity contribution in [3.8, 4) is 0 Å². The maximum absolute atomic E-state index is 12.3. The van der Waals surface area contributed by atoms with Gasteiger partial charge < -0.3 is 11.1 Å². The number of sulfone groups is 1. The van der Waals surface area contributed by atoms with Crippen molar-refractivity contribution in [2.45, 2.75) is 17.9 Å². The fourth-order valence-electron chi connectivity index (χ4n) is 2.18. The smallest absolute Gasteiger partial charge is 0.241 e. The molecule has 5 nitrogen and oxygen atoms in total. The zero-order valence-corrected chi connectivity index (χ0v) is 13.7. The van der Waals surface area contributed by atoms with E-state index < -0.39 is 27.7 Å². The summed E-state index contributed by atoms with van der Waals surface area (Å²) < 4.78 is 24.7. The number of para-hydroxylation sites is 1. The summed E-state index contributed by atoms with van der Waals surface area (Å²) in [5.41, 5.74) is 6.55. The second-order valence-corrected chi connectivity index (χ2v) is 7.49. The van der Waals surface area contributed by atoms with Gasteiger partial charge in [-0.2, -0.15) is 0 Å². The van der Waals surface area contributed by atoms with Gasteiger partial charge in [-0.15, -0.1) is 0 Å². The summed E-state index contributed by atoms with van der Waals surface area (Å²) in [5, 5.41) is 2.69. The van der Waals surface area contributed by atoms with Crippen LogP contribution in [0.1, 0.15) is 6.92 Å². The van der Waals surface area contributed by atoms with E-state index in [4.69, 9.17) is 5.73 Å². The van der Waals surface area contributed by atoms with Crippen LogP contribution in [0.15, 0.2) is 65.6 Å². The van der Waals surface area contributed by atoms with Crippen molar-refractivity contribution in [1.82, 2.24) is 0 Å². The van der Waals surface area contributed by atoms with Gasteiger partial charge >= 0.3 is 0 Å². The van der Waals surface area contributed by atoms with Gasteiger partial charge in [-0.3, -0.25) is 4.79 Å². The number of carbonyl (C=O) groups excluding carboxylic acids is 1. The second kappa shape index (κ2) is 7.39. The van der Waals surface area contributed by atoms with Crippen LogP contribution in [0, 0.1) is 5.92 Å². The van der Waals surface area contributed by atoms with E-state index in [0.717, 1.165) is 0 Å². The van der Waals surface area contributed by atoms with Gasteiger partial charge in [0.25, 0.3) is 0 Å². The van der Waals surface area contributed by atoms with Crippen LogP contribution in [0.2, 0.25) is 0 Å². The van der Waals surface area contributed by atoms with Crippen LogP contribution in [0.4, 0.5) is 5.69 Å². The van der Waals surface area contributed by atoms with E-state index in [0.29, 0.717) is 5.69 Å². The Kier molecular flexibility index (Phi) is 5.52. The highest BCUT2D eigenvalue weighted by molar-refractivity contribution is 7.91. The van der Waals surface area contributed by atoms with Crippen molar-refractivity contribution in [2.24, 2.45) is 11.7 Å². The van der Waals surface area contributed by atoms with Gasteiger partial charge in [0, 0.05) is 5.69 Å². The summed E-state index contributed by atoms with van der Waals surface area (Å²) in [6.07, 6.45) is 0. The lowest BCUT2D eigenvalue weighted by Gasteiger charge is -2.19. The fraction of sp³-hybridized carbons (Fsp3) is 0.235. The van der Waals surface area contributed by atoms with Gasteiger partial charge in [0.05, 0.1) is 16.7 Å². The van der Waals surface area contributed by atoms with E-state index in [9.17, 15) is 13.2 Å². The Morgan fingerprint density at radius 2 is 1.57 bits per heavy atom. The first-order valence-corrected chi connectivity index (χ1v) is 8.94. The first kappa shape index (κ1) is 17.2. The maximum Gasteiger partial charge on any atom is 0.241 e. The summed E-state index contributed by atoms with van der Waals surface area (Å²) in [4.78, 5) is 12.4. The predicted octanol–water partition coefficient (Wildman–Crippen LogP) is 2.06. The second-order valence-electron chi connectivity index (χ2n) is 5.45. The summed E-state index contributed by atoms with van der Waals surface area (Å²) in [7, 11) is -3.47. The van der Waals surface area contributed by atoms with E-state index >= 15 is 0 Å². The SMILES string of the molecule is CC(CS(=O)(=O)c1ccccc1)C(N)C(=O)Nc1ccccc1. The van der Waals surface area contributed by atoms with E-state index in [1.54, 1.807) is 49.4 Å². The highest BCUT2D eigenvalue weighted by atomic mass is 32.2. The van der Waals surface area contributed by atoms with Crippen molar-refractivity contribution >= 4 is 21.4 Å². The molecule has 0 saturated carbocycles. The Labute approximate surface area is 136 Å². The minimum atomic E-state index is -3.47. The highest BCUT2D eigenvalue weighted by Gasteiger charge is 2.27. The Balaban J connectivity index is 2.02. The highest BCUT2D eigenvalue weighted by Crippen LogP contribution is 2.16. The molecule has 0 aromatic heterocycles. The number of rotatable bonds is 6. The van der Waals surface area contributed by atoms with Gasteiger partial charge in [0.2, 0.25) is 5.91 Å². The van der Waals surface area contributed by atoms with E-state index in [1.165, 1.54) is 12.1 Å². The number of nitrogens with two attached hydrogens (primary N) is 1. The molecule has 0 aliphatic heterocycles. The number of anilines is 1. The summed E-state index contributed by atoms with van der Waals surface area (Å²) in [6.45, 7) is 1.66. The molecule has 122 valence electrons. The van der Waals surface area contributed by atoms with Crippen LogP contribution in [0.5, 0.6) is 0 Å². The molecule has 6 heteroatoms. The van der Waals surface area contributed by atoms with Gasteiger partial charge in [0.1, 0.15) is 0 Å². The third-order valence-corrected chi connectivity index (χ3v) is 5.50. The number of hydrogen-bond acceptors (Lipinski definition) is 4. The van der Waals surface area contributed by atoms with Gasteiger partial charge in [-0.25, -0.2) is 8.42 Å². The van der Waals surface area contributed by atoms with Crippen molar-refractivity contribution in [3.63, 3.8) is 0 Å². The molecule has 0 fully saturated rings. The Hall–Kier alpha value is -2.18. The van der Waals surface area contributed by atoms with Crippen LogP contribution in [0.25, 0.3) is 0 Å². The quantitative estimate of drug-likeness (QED) is 0.847. The van der Waals surface area contributed by atoms with E-state index in [1.807, 2.05) is 6.07 Å². The average Bonchev–Trinajstić information content (AvgIpc) is 2.55. The van der Waals surface area contributed by atoms with Gasteiger partial charge in [-0.1, -0.05) is 43.3 Å². The predicted molar refractivity (Wildman–Crippen MR) is 90.7 cm³/mol. The Bertz CT molecular complexity index is 746. The summed E-state index contributed by atoms with van der Waals surface area (Å²) in [5.74, 6) is -1.09. The molecular weight excluding hydrogens is 312 g/mol. The lowest BCUT2D eigenvalue weighted by molar-refractivity contribution is -0.118. The monoisotopic (exact) mass is 332 g/mol. The molecule has 2 aromatic carbocycles. The van der Waals surface area contributed by atoms with Crippen molar-refractivity contribution in [2.75, 3.05) is 11.1 Å². The number of hydrogen-bond donors (Lipinski definition) is 2. The third-order valence-electron chi connectivity index (χ3n) is 3.54. The van der Waals surface area contributed by atoms with Crippen LogP contribution >= 0.6 is 0 Å². The molecule has 2 unspecified atom stereocenters. The normalized spacial score (nSPS) is 14.0. The molecule has 0 aliphatic rings. The molecule has 23 heavy (non-hydrogen) atoms. The third kappa shape index (κ3) is 4.64. The Morgan fingerprint density at radius 1 is 1.04 bits per heavy atom. The van der Waals surface area contributed by atoms with Crippen molar-refractivity contribution < 1.29 is 13.2 Å². The number of carbonyl (C=O) groups is 1. The van der Waals surface area contributed by atoms with E-state index in [-0.39, 0.29) is 10.6 Å². The average molecular weight is 332 g/mol. The molecule has 1 amide bonds. The molecule has 2 atom stereocenters. The molecule has 0 spiro atoms. The van der Waals surface area contributed by atoms with Crippen LogP contribution in [-0.2, 0) is 14.6 Å².